The molecule has 1 fully saturated rings. The number of ether oxygens (including phenoxy) is 1. The molecule has 0 spiro atoms. The summed E-state index contributed by atoms with van der Waals surface area (Å²) in [6.07, 6.45) is 9.00. The van der Waals surface area contributed by atoms with Gasteiger partial charge in [0.1, 0.15) is 12.4 Å². The largest absolute Gasteiger partial charge is 0.492 e. The second-order valence-electron chi connectivity index (χ2n) is 5.80. The number of benzene rings is 1. The van der Waals surface area contributed by atoms with Crippen LogP contribution in [-0.4, -0.2) is 12.6 Å². The smallest absolute Gasteiger partial charge is 0.119 e. The highest BCUT2D eigenvalue weighted by Crippen LogP contribution is 2.28. The normalized spacial score (nSPS) is 20.9. The van der Waals surface area contributed by atoms with E-state index in [2.05, 4.69) is 18.2 Å². The van der Waals surface area contributed by atoms with Crippen LogP contribution in [0.1, 0.15) is 43.2 Å². The van der Waals surface area contributed by atoms with E-state index in [-0.39, 0.29) is 6.04 Å². The lowest BCUT2D eigenvalue weighted by molar-refractivity contribution is 0.247. The van der Waals surface area contributed by atoms with Crippen LogP contribution in [0.5, 0.6) is 5.75 Å². The fourth-order valence-corrected chi connectivity index (χ4v) is 3.35. The van der Waals surface area contributed by atoms with Crippen molar-refractivity contribution in [3.05, 3.63) is 29.3 Å². The van der Waals surface area contributed by atoms with Gasteiger partial charge in [0, 0.05) is 6.04 Å². The zero-order chi connectivity index (χ0) is 12.4. The van der Waals surface area contributed by atoms with Crippen LogP contribution >= 0.6 is 0 Å². The Hall–Kier alpha value is -1.02. The molecule has 2 heteroatoms. The van der Waals surface area contributed by atoms with Crippen LogP contribution in [0.15, 0.2) is 18.2 Å². The van der Waals surface area contributed by atoms with E-state index in [0.29, 0.717) is 12.5 Å². The molecule has 2 aliphatic rings. The van der Waals surface area contributed by atoms with E-state index in [1.165, 1.54) is 56.1 Å². The second kappa shape index (κ2) is 5.31. The maximum atomic E-state index is 6.21. The molecule has 1 aromatic carbocycles. The van der Waals surface area contributed by atoms with Gasteiger partial charge in [-0.1, -0.05) is 18.9 Å². The molecule has 18 heavy (non-hydrogen) atoms. The number of nitrogens with two attached hydrogens (primary N) is 1. The standard InChI is InChI=1S/C16H23NO/c17-16(13-4-1-2-5-13)11-18-15-9-8-12-6-3-7-14(12)10-15/h8-10,13,16H,1-7,11,17H2. The maximum absolute atomic E-state index is 6.21. The first-order chi connectivity index (χ1) is 8.83. The molecule has 2 N–H and O–H groups in total. The Balaban J connectivity index is 1.56. The van der Waals surface area contributed by atoms with Crippen LogP contribution in [0.2, 0.25) is 0 Å². The van der Waals surface area contributed by atoms with Crippen molar-refractivity contribution in [2.75, 3.05) is 6.61 Å². The third kappa shape index (κ3) is 2.54. The first-order valence-electron chi connectivity index (χ1n) is 7.33. The van der Waals surface area contributed by atoms with Crippen LogP contribution in [0.3, 0.4) is 0 Å². The summed E-state index contributed by atoms with van der Waals surface area (Å²) in [5.74, 6) is 1.68. The quantitative estimate of drug-likeness (QED) is 0.884. The molecule has 98 valence electrons. The van der Waals surface area contributed by atoms with Gasteiger partial charge in [-0.2, -0.15) is 0 Å². The predicted octanol–water partition coefficient (Wildman–Crippen LogP) is 3.07. The van der Waals surface area contributed by atoms with E-state index in [1.54, 1.807) is 0 Å². The Morgan fingerprint density at radius 3 is 2.72 bits per heavy atom. The third-order valence-corrected chi connectivity index (χ3v) is 4.52. The number of aryl methyl sites for hydroxylation is 2. The highest BCUT2D eigenvalue weighted by molar-refractivity contribution is 5.38. The molecule has 0 heterocycles. The maximum Gasteiger partial charge on any atom is 0.119 e. The molecule has 0 amide bonds. The van der Waals surface area contributed by atoms with Crippen molar-refractivity contribution in [2.45, 2.75) is 51.0 Å². The van der Waals surface area contributed by atoms with E-state index in [4.69, 9.17) is 10.5 Å². The molecule has 1 atom stereocenters. The SMILES string of the molecule is NC(COc1ccc2c(c1)CCC2)C1CCCC1. The molecule has 0 aromatic heterocycles. The summed E-state index contributed by atoms with van der Waals surface area (Å²) in [7, 11) is 0. The first kappa shape index (κ1) is 12.0. The molecule has 2 nitrogen and oxygen atoms in total. The third-order valence-electron chi connectivity index (χ3n) is 4.52. The Bertz CT molecular complexity index is 410. The highest BCUT2D eigenvalue weighted by atomic mass is 16.5. The lowest BCUT2D eigenvalue weighted by atomic mass is 10.00. The molecule has 1 aromatic rings. The van der Waals surface area contributed by atoms with E-state index in [0.717, 1.165) is 5.75 Å². The molecule has 3 rings (SSSR count). The summed E-state index contributed by atoms with van der Waals surface area (Å²) in [6.45, 7) is 0.670. The molecule has 2 aliphatic carbocycles. The van der Waals surface area contributed by atoms with Crippen molar-refractivity contribution in [3.8, 4) is 5.75 Å². The lowest BCUT2D eigenvalue weighted by Crippen LogP contribution is -2.34. The van der Waals surface area contributed by atoms with Crippen molar-refractivity contribution in [1.82, 2.24) is 0 Å². The molecular weight excluding hydrogens is 222 g/mol. The van der Waals surface area contributed by atoms with E-state index in [1.807, 2.05) is 0 Å². The summed E-state index contributed by atoms with van der Waals surface area (Å²) in [6, 6.07) is 6.74. The number of hydrogen-bond donors (Lipinski definition) is 1. The monoisotopic (exact) mass is 245 g/mol. The molecular formula is C16H23NO. The zero-order valence-electron chi connectivity index (χ0n) is 11.0. The van der Waals surface area contributed by atoms with E-state index < -0.39 is 0 Å². The van der Waals surface area contributed by atoms with Crippen molar-refractivity contribution in [3.63, 3.8) is 0 Å². The van der Waals surface area contributed by atoms with Gasteiger partial charge in [-0.05, 0) is 61.3 Å². The van der Waals surface area contributed by atoms with Crippen LogP contribution in [0, 0.1) is 5.92 Å². The van der Waals surface area contributed by atoms with Crippen molar-refractivity contribution >= 4 is 0 Å². The molecule has 0 aliphatic heterocycles. The summed E-state index contributed by atoms with van der Waals surface area (Å²) in [5, 5.41) is 0. The Morgan fingerprint density at radius 2 is 1.89 bits per heavy atom. The fraction of sp³-hybridized carbons (Fsp3) is 0.625. The van der Waals surface area contributed by atoms with Crippen molar-refractivity contribution in [2.24, 2.45) is 11.7 Å². The van der Waals surface area contributed by atoms with Gasteiger partial charge >= 0.3 is 0 Å². The Labute approximate surface area is 110 Å². The van der Waals surface area contributed by atoms with Gasteiger partial charge < -0.3 is 10.5 Å². The van der Waals surface area contributed by atoms with Gasteiger partial charge in [-0.25, -0.2) is 0 Å². The molecule has 0 bridgehead atoms. The zero-order valence-corrected chi connectivity index (χ0v) is 11.0. The summed E-state index contributed by atoms with van der Waals surface area (Å²) in [5.41, 5.74) is 9.19. The van der Waals surface area contributed by atoms with Gasteiger partial charge in [0.2, 0.25) is 0 Å². The van der Waals surface area contributed by atoms with Crippen LogP contribution < -0.4 is 10.5 Å². The Kier molecular flexibility index (Phi) is 3.55. The van der Waals surface area contributed by atoms with E-state index in [9.17, 15) is 0 Å². The predicted molar refractivity (Wildman–Crippen MR) is 73.9 cm³/mol. The van der Waals surface area contributed by atoms with Crippen molar-refractivity contribution < 1.29 is 4.74 Å². The Morgan fingerprint density at radius 1 is 1.11 bits per heavy atom. The van der Waals surface area contributed by atoms with E-state index >= 15 is 0 Å². The number of hydrogen-bond acceptors (Lipinski definition) is 2. The van der Waals surface area contributed by atoms with Crippen LogP contribution in [-0.2, 0) is 12.8 Å². The first-order valence-corrected chi connectivity index (χ1v) is 7.33. The van der Waals surface area contributed by atoms with Crippen LogP contribution in [0.25, 0.3) is 0 Å². The molecule has 1 saturated carbocycles. The second-order valence-corrected chi connectivity index (χ2v) is 5.80. The van der Waals surface area contributed by atoms with Gasteiger partial charge in [0.05, 0.1) is 0 Å². The van der Waals surface area contributed by atoms with Gasteiger partial charge in [0.25, 0.3) is 0 Å². The molecule has 1 unspecified atom stereocenters. The average Bonchev–Trinajstić information content (AvgIpc) is 3.05. The average molecular weight is 245 g/mol. The topological polar surface area (TPSA) is 35.2 Å². The minimum atomic E-state index is 0.209. The minimum absolute atomic E-state index is 0.209. The fourth-order valence-electron chi connectivity index (χ4n) is 3.35. The molecule has 0 radical (unpaired) electrons. The number of fused-ring (bicyclic) bond motifs is 1. The van der Waals surface area contributed by atoms with Crippen molar-refractivity contribution in [1.29, 1.82) is 0 Å². The summed E-state index contributed by atoms with van der Waals surface area (Å²) < 4.78 is 5.88. The molecule has 0 saturated heterocycles. The summed E-state index contributed by atoms with van der Waals surface area (Å²) in [4.78, 5) is 0. The van der Waals surface area contributed by atoms with Gasteiger partial charge in [0.15, 0.2) is 0 Å². The van der Waals surface area contributed by atoms with Gasteiger partial charge in [-0.3, -0.25) is 0 Å². The lowest BCUT2D eigenvalue weighted by Gasteiger charge is -2.19. The highest BCUT2D eigenvalue weighted by Gasteiger charge is 2.22. The minimum Gasteiger partial charge on any atom is -0.492 e. The summed E-state index contributed by atoms with van der Waals surface area (Å²) >= 11 is 0. The van der Waals surface area contributed by atoms with Crippen LogP contribution in [0.4, 0.5) is 0 Å². The number of rotatable bonds is 4. The van der Waals surface area contributed by atoms with Gasteiger partial charge in [-0.15, -0.1) is 0 Å².